The lowest BCUT2D eigenvalue weighted by Gasteiger charge is -2.34. The first-order valence-electron chi connectivity index (χ1n) is 19.4. The minimum Gasteiger partial charge on any atom is -0.309 e. The van der Waals surface area contributed by atoms with Crippen molar-refractivity contribution in [2.45, 2.75) is 44.9 Å². The van der Waals surface area contributed by atoms with Crippen LogP contribution in [-0.2, 0) is 5.41 Å². The minimum absolute atomic E-state index is 0.0257. The summed E-state index contributed by atoms with van der Waals surface area (Å²) in [6.07, 6.45) is 2.35. The molecule has 2 unspecified atom stereocenters. The summed E-state index contributed by atoms with van der Waals surface area (Å²) in [7, 11) is 0. The van der Waals surface area contributed by atoms with E-state index in [0.717, 1.165) is 22.4 Å². The van der Waals surface area contributed by atoms with Crippen molar-refractivity contribution >= 4 is 66.0 Å². The zero-order valence-corrected chi connectivity index (χ0v) is 31.9. The van der Waals surface area contributed by atoms with Gasteiger partial charge in [0.1, 0.15) is 11.0 Å². The fourth-order valence-electron chi connectivity index (χ4n) is 10.3. The number of rotatable bonds is 4. The van der Waals surface area contributed by atoms with Gasteiger partial charge in [-0.25, -0.2) is 9.97 Å². The van der Waals surface area contributed by atoms with Gasteiger partial charge in [0.25, 0.3) is 0 Å². The summed E-state index contributed by atoms with van der Waals surface area (Å²) < 4.78 is 4.77. The third kappa shape index (κ3) is 4.11. The molecule has 10 aromatic rings. The third-order valence-electron chi connectivity index (χ3n) is 13.6. The average molecular weight is 727 g/mol. The first-order chi connectivity index (χ1) is 26.9. The van der Waals surface area contributed by atoms with Crippen molar-refractivity contribution in [3.63, 3.8) is 0 Å². The largest absolute Gasteiger partial charge is 0.309 e. The molecule has 264 valence electrons. The lowest BCUT2D eigenvalue weighted by atomic mass is 9.70. The van der Waals surface area contributed by atoms with Crippen LogP contribution in [0.25, 0.3) is 86.9 Å². The van der Waals surface area contributed by atoms with Gasteiger partial charge in [0, 0.05) is 44.3 Å². The van der Waals surface area contributed by atoms with Crippen LogP contribution in [0.5, 0.6) is 0 Å². The summed E-state index contributed by atoms with van der Waals surface area (Å²) in [4.78, 5) is 13.6. The molecule has 6 aromatic carbocycles. The third-order valence-corrected chi connectivity index (χ3v) is 14.8. The van der Waals surface area contributed by atoms with E-state index < -0.39 is 0 Å². The predicted octanol–water partition coefficient (Wildman–Crippen LogP) is 13.4. The zero-order valence-electron chi connectivity index (χ0n) is 31.0. The highest BCUT2D eigenvalue weighted by atomic mass is 32.1. The van der Waals surface area contributed by atoms with E-state index in [1.807, 2.05) is 11.3 Å². The van der Waals surface area contributed by atoms with Crippen LogP contribution >= 0.6 is 11.3 Å². The highest BCUT2D eigenvalue weighted by Gasteiger charge is 2.61. The Morgan fingerprint density at radius 3 is 1.35 bits per heavy atom. The predicted molar refractivity (Wildman–Crippen MR) is 230 cm³/mol. The van der Waals surface area contributed by atoms with E-state index in [2.05, 4.69) is 175 Å². The second-order valence-electron chi connectivity index (χ2n) is 16.4. The van der Waals surface area contributed by atoms with Crippen molar-refractivity contribution < 1.29 is 0 Å². The van der Waals surface area contributed by atoms with Crippen molar-refractivity contribution in [1.82, 2.24) is 19.1 Å². The topological polar surface area (TPSA) is 35.6 Å². The summed E-state index contributed by atoms with van der Waals surface area (Å²) in [5.74, 6) is 0.434. The van der Waals surface area contributed by atoms with Crippen LogP contribution in [0.1, 0.15) is 50.9 Å². The van der Waals surface area contributed by atoms with E-state index in [1.165, 1.54) is 88.7 Å². The van der Waals surface area contributed by atoms with E-state index in [-0.39, 0.29) is 10.8 Å². The van der Waals surface area contributed by atoms with E-state index in [0.29, 0.717) is 5.92 Å². The fourth-order valence-corrected chi connectivity index (χ4v) is 11.5. The molecule has 12 rings (SSSR count). The first kappa shape index (κ1) is 31.3. The summed E-state index contributed by atoms with van der Waals surface area (Å²) in [5.41, 5.74) is 14.2. The molecule has 0 amide bonds. The number of hydrogen-bond donors (Lipinski definition) is 0. The summed E-state index contributed by atoms with van der Waals surface area (Å²) in [6.45, 7) is 7.30. The molecule has 4 nitrogen and oxygen atoms in total. The molecule has 0 aliphatic heterocycles. The maximum Gasteiger partial charge on any atom is 0.108 e. The Balaban J connectivity index is 1.03. The van der Waals surface area contributed by atoms with Gasteiger partial charge in [0.2, 0.25) is 0 Å². The normalized spacial score (nSPS) is 18.7. The molecule has 0 N–H and O–H groups in total. The number of thiophene rings is 1. The smallest absolute Gasteiger partial charge is 0.108 e. The molecule has 0 spiro atoms. The Labute approximate surface area is 323 Å². The Hall–Kier alpha value is -6.04. The van der Waals surface area contributed by atoms with Gasteiger partial charge in [-0.1, -0.05) is 118 Å². The molecule has 4 heterocycles. The van der Waals surface area contributed by atoms with Crippen LogP contribution in [0.2, 0.25) is 0 Å². The van der Waals surface area contributed by atoms with Crippen LogP contribution in [0, 0.1) is 5.41 Å². The van der Waals surface area contributed by atoms with Crippen molar-refractivity contribution in [2.24, 2.45) is 5.41 Å². The molecule has 55 heavy (non-hydrogen) atoms. The van der Waals surface area contributed by atoms with Gasteiger partial charge in [-0.2, -0.15) is 0 Å². The van der Waals surface area contributed by atoms with Crippen LogP contribution in [0.4, 0.5) is 0 Å². The minimum atomic E-state index is 0.0257. The van der Waals surface area contributed by atoms with Gasteiger partial charge in [0.15, 0.2) is 0 Å². The summed E-state index contributed by atoms with van der Waals surface area (Å²) >= 11 is 1.83. The lowest BCUT2D eigenvalue weighted by Crippen LogP contribution is -2.31. The van der Waals surface area contributed by atoms with E-state index in [9.17, 15) is 0 Å². The van der Waals surface area contributed by atoms with Crippen molar-refractivity contribution in [1.29, 1.82) is 0 Å². The molecule has 5 heteroatoms. The lowest BCUT2D eigenvalue weighted by molar-refractivity contribution is 0.227. The second-order valence-corrected chi connectivity index (χ2v) is 17.4. The molecular formula is C50H38N4S. The Bertz CT molecular complexity index is 3090. The Morgan fingerprint density at radius 1 is 0.509 bits per heavy atom. The summed E-state index contributed by atoms with van der Waals surface area (Å²) in [5, 5.41) is 5.09. The zero-order chi connectivity index (χ0) is 36.6. The van der Waals surface area contributed by atoms with Gasteiger partial charge >= 0.3 is 0 Å². The standard InChI is InChI=1S/C50H38N4S/c1-49(2)38-28-29-50(49,3)48-43(38)51-44-45(52-48)47(31-22-26-33(27-23-31)54-41-18-10-6-14-36(41)37-15-7-11-19-42(37)54)55-46(44)30-20-24-32(25-21-30)53-39-16-8-4-12-34(39)35-13-5-9-17-40(35)53/h4-27,38H,28-29H2,1-3H3. The molecule has 4 aromatic heterocycles. The maximum atomic E-state index is 5.65. The number of fused-ring (bicyclic) bond motifs is 12. The Kier molecular flexibility index (Phi) is 6.28. The van der Waals surface area contributed by atoms with Crippen LogP contribution in [0.3, 0.4) is 0 Å². The number of para-hydroxylation sites is 4. The highest BCUT2D eigenvalue weighted by Crippen LogP contribution is 2.67. The molecule has 1 fully saturated rings. The molecular weight excluding hydrogens is 689 g/mol. The SMILES string of the molecule is CC12CCC(c3nc4c(-c5ccc(-n6c7ccccc7c7ccccc76)cc5)sc(-c5ccc(-n6c7ccccc7c7ccccc76)cc5)c4nc31)C2(C)C. The van der Waals surface area contributed by atoms with E-state index in [4.69, 9.17) is 9.97 Å². The fraction of sp³-hybridized carbons (Fsp3) is 0.160. The molecule has 0 saturated heterocycles. The average Bonchev–Trinajstić information content (AvgIpc) is 3.97. The number of aromatic nitrogens is 4. The summed E-state index contributed by atoms with van der Waals surface area (Å²) in [6, 6.07) is 53.1. The van der Waals surface area contributed by atoms with E-state index >= 15 is 0 Å². The van der Waals surface area contributed by atoms with Crippen molar-refractivity contribution in [3.05, 3.63) is 157 Å². The molecule has 1 saturated carbocycles. The maximum absolute atomic E-state index is 5.65. The van der Waals surface area contributed by atoms with Crippen LogP contribution in [0.15, 0.2) is 146 Å². The van der Waals surface area contributed by atoms with Gasteiger partial charge in [-0.15, -0.1) is 11.3 Å². The molecule has 2 atom stereocenters. The monoisotopic (exact) mass is 726 g/mol. The van der Waals surface area contributed by atoms with Crippen molar-refractivity contribution in [3.8, 4) is 32.3 Å². The first-order valence-corrected chi connectivity index (χ1v) is 20.3. The van der Waals surface area contributed by atoms with Gasteiger partial charge in [-0.3, -0.25) is 0 Å². The number of hydrogen-bond acceptors (Lipinski definition) is 3. The van der Waals surface area contributed by atoms with Crippen LogP contribution in [-0.4, -0.2) is 19.1 Å². The molecule has 2 aliphatic carbocycles. The highest BCUT2D eigenvalue weighted by molar-refractivity contribution is 7.20. The van der Waals surface area contributed by atoms with Gasteiger partial charge in [0.05, 0.1) is 43.2 Å². The quantitative estimate of drug-likeness (QED) is 0.181. The van der Waals surface area contributed by atoms with Crippen LogP contribution < -0.4 is 0 Å². The number of nitrogens with zero attached hydrogens (tertiary/aromatic N) is 4. The van der Waals surface area contributed by atoms with Gasteiger partial charge < -0.3 is 9.13 Å². The molecule has 2 bridgehead atoms. The Morgan fingerprint density at radius 2 is 0.909 bits per heavy atom. The van der Waals surface area contributed by atoms with E-state index in [1.54, 1.807) is 0 Å². The molecule has 2 aliphatic rings. The van der Waals surface area contributed by atoms with Crippen molar-refractivity contribution in [2.75, 3.05) is 0 Å². The molecule has 0 radical (unpaired) electrons. The van der Waals surface area contributed by atoms with Gasteiger partial charge in [-0.05, 0) is 77.9 Å². The number of benzene rings is 6. The second kappa shape index (κ2) is 11.0.